The molecule has 0 aliphatic rings. The SMILES string of the molecule is CCOc1ccc(NC(=O)CNCc2ccc(OC)cc2)cc1. The highest BCUT2D eigenvalue weighted by atomic mass is 16.5. The maximum atomic E-state index is 11.9. The highest BCUT2D eigenvalue weighted by Crippen LogP contribution is 2.15. The van der Waals surface area contributed by atoms with Crippen molar-refractivity contribution in [2.24, 2.45) is 0 Å². The highest BCUT2D eigenvalue weighted by Gasteiger charge is 2.03. The first kappa shape index (κ1) is 16.8. The van der Waals surface area contributed by atoms with Crippen molar-refractivity contribution in [3.63, 3.8) is 0 Å². The number of nitrogens with one attached hydrogen (secondary N) is 2. The third kappa shape index (κ3) is 5.64. The minimum absolute atomic E-state index is 0.0809. The lowest BCUT2D eigenvalue weighted by Gasteiger charge is -2.08. The molecular weight excluding hydrogens is 292 g/mol. The summed E-state index contributed by atoms with van der Waals surface area (Å²) in [6.07, 6.45) is 0. The first-order valence-corrected chi connectivity index (χ1v) is 7.57. The zero-order valence-electron chi connectivity index (χ0n) is 13.5. The Hall–Kier alpha value is -2.53. The summed E-state index contributed by atoms with van der Waals surface area (Å²) < 4.78 is 10.5. The van der Waals surface area contributed by atoms with Gasteiger partial charge in [0, 0.05) is 12.2 Å². The minimum Gasteiger partial charge on any atom is -0.497 e. The molecule has 0 aliphatic heterocycles. The molecule has 23 heavy (non-hydrogen) atoms. The van der Waals surface area contributed by atoms with Gasteiger partial charge in [0.15, 0.2) is 0 Å². The zero-order valence-corrected chi connectivity index (χ0v) is 13.5. The molecule has 0 heterocycles. The van der Waals surface area contributed by atoms with Crippen LogP contribution in [0.25, 0.3) is 0 Å². The van der Waals surface area contributed by atoms with Crippen molar-refractivity contribution >= 4 is 11.6 Å². The Labute approximate surface area is 136 Å². The molecule has 0 spiro atoms. The van der Waals surface area contributed by atoms with Crippen molar-refractivity contribution in [1.82, 2.24) is 5.32 Å². The predicted octanol–water partition coefficient (Wildman–Crippen LogP) is 2.82. The van der Waals surface area contributed by atoms with E-state index in [1.54, 1.807) is 7.11 Å². The van der Waals surface area contributed by atoms with Gasteiger partial charge < -0.3 is 20.1 Å². The molecule has 0 bridgehead atoms. The largest absolute Gasteiger partial charge is 0.497 e. The van der Waals surface area contributed by atoms with Gasteiger partial charge in [0.25, 0.3) is 0 Å². The second-order valence-corrected chi connectivity index (χ2v) is 4.96. The average Bonchev–Trinajstić information content (AvgIpc) is 2.57. The van der Waals surface area contributed by atoms with Gasteiger partial charge in [-0.25, -0.2) is 0 Å². The normalized spacial score (nSPS) is 10.2. The van der Waals surface area contributed by atoms with Crippen molar-refractivity contribution < 1.29 is 14.3 Å². The monoisotopic (exact) mass is 314 g/mol. The van der Waals surface area contributed by atoms with Crippen molar-refractivity contribution in [2.45, 2.75) is 13.5 Å². The Bertz CT molecular complexity index is 609. The Morgan fingerprint density at radius 1 is 1.00 bits per heavy atom. The number of benzene rings is 2. The highest BCUT2D eigenvalue weighted by molar-refractivity contribution is 5.92. The average molecular weight is 314 g/mol. The molecule has 122 valence electrons. The van der Waals surface area contributed by atoms with E-state index in [-0.39, 0.29) is 12.5 Å². The standard InChI is InChI=1S/C18H22N2O3/c1-3-23-17-10-6-15(7-11-17)20-18(21)13-19-12-14-4-8-16(22-2)9-5-14/h4-11,19H,3,12-13H2,1-2H3,(H,20,21). The van der Waals surface area contributed by atoms with Crippen LogP contribution in [-0.2, 0) is 11.3 Å². The molecule has 1 amide bonds. The summed E-state index contributed by atoms with van der Waals surface area (Å²) in [7, 11) is 1.64. The maximum Gasteiger partial charge on any atom is 0.238 e. The molecule has 5 heteroatoms. The van der Waals surface area contributed by atoms with E-state index in [9.17, 15) is 4.79 Å². The Morgan fingerprint density at radius 2 is 1.65 bits per heavy atom. The number of methoxy groups -OCH3 is 1. The molecule has 0 fully saturated rings. The van der Waals surface area contributed by atoms with Crippen LogP contribution in [-0.4, -0.2) is 26.2 Å². The molecule has 0 unspecified atom stereocenters. The molecule has 2 N–H and O–H groups in total. The summed E-state index contributed by atoms with van der Waals surface area (Å²) in [5.41, 5.74) is 1.85. The van der Waals surface area contributed by atoms with Gasteiger partial charge in [-0.3, -0.25) is 4.79 Å². The summed E-state index contributed by atoms with van der Waals surface area (Å²) in [5.74, 6) is 1.53. The van der Waals surface area contributed by atoms with Gasteiger partial charge in [-0.15, -0.1) is 0 Å². The van der Waals surface area contributed by atoms with Crippen LogP contribution in [0.15, 0.2) is 48.5 Å². The van der Waals surface area contributed by atoms with Crippen LogP contribution in [0.2, 0.25) is 0 Å². The van der Waals surface area contributed by atoms with E-state index >= 15 is 0 Å². The van der Waals surface area contributed by atoms with Crippen molar-refractivity contribution in [2.75, 3.05) is 25.6 Å². The van der Waals surface area contributed by atoms with E-state index in [1.165, 1.54) is 0 Å². The summed E-state index contributed by atoms with van der Waals surface area (Å²) in [4.78, 5) is 11.9. The van der Waals surface area contributed by atoms with Gasteiger partial charge in [0.05, 0.1) is 20.3 Å². The fourth-order valence-electron chi connectivity index (χ4n) is 2.07. The van der Waals surface area contributed by atoms with E-state index in [0.29, 0.717) is 13.2 Å². The molecule has 0 aromatic heterocycles. The molecule has 0 saturated carbocycles. The van der Waals surface area contributed by atoms with E-state index in [1.807, 2.05) is 55.5 Å². The number of ether oxygens (including phenoxy) is 2. The van der Waals surface area contributed by atoms with Crippen molar-refractivity contribution in [3.8, 4) is 11.5 Å². The van der Waals surface area contributed by atoms with Crippen LogP contribution in [0.1, 0.15) is 12.5 Å². The fraction of sp³-hybridized carbons (Fsp3) is 0.278. The second-order valence-electron chi connectivity index (χ2n) is 4.96. The van der Waals surface area contributed by atoms with Crippen LogP contribution in [0, 0.1) is 0 Å². The number of rotatable bonds is 8. The molecule has 2 aromatic rings. The topological polar surface area (TPSA) is 59.6 Å². The Balaban J connectivity index is 1.73. The molecule has 2 aromatic carbocycles. The molecule has 0 radical (unpaired) electrons. The third-order valence-electron chi connectivity index (χ3n) is 3.22. The molecule has 0 atom stereocenters. The Kier molecular flexibility index (Phi) is 6.44. The van der Waals surface area contributed by atoms with E-state index in [0.717, 1.165) is 22.7 Å². The van der Waals surface area contributed by atoms with Crippen LogP contribution < -0.4 is 20.1 Å². The Morgan fingerprint density at radius 3 is 2.26 bits per heavy atom. The van der Waals surface area contributed by atoms with Gasteiger partial charge in [-0.1, -0.05) is 12.1 Å². The molecular formula is C18H22N2O3. The minimum atomic E-state index is -0.0809. The van der Waals surface area contributed by atoms with E-state index in [2.05, 4.69) is 10.6 Å². The summed E-state index contributed by atoms with van der Waals surface area (Å²) in [6.45, 7) is 3.44. The molecule has 5 nitrogen and oxygen atoms in total. The summed E-state index contributed by atoms with van der Waals surface area (Å²) in [5, 5.41) is 5.95. The van der Waals surface area contributed by atoms with E-state index < -0.39 is 0 Å². The molecule has 0 aliphatic carbocycles. The first-order valence-electron chi connectivity index (χ1n) is 7.57. The quantitative estimate of drug-likeness (QED) is 0.786. The number of carbonyl (C=O) groups is 1. The number of anilines is 1. The maximum absolute atomic E-state index is 11.9. The zero-order chi connectivity index (χ0) is 16.5. The lowest BCUT2D eigenvalue weighted by molar-refractivity contribution is -0.115. The van der Waals surface area contributed by atoms with Gasteiger partial charge in [0.1, 0.15) is 11.5 Å². The lowest BCUT2D eigenvalue weighted by Crippen LogP contribution is -2.27. The number of carbonyl (C=O) groups excluding carboxylic acids is 1. The predicted molar refractivity (Wildman–Crippen MR) is 90.9 cm³/mol. The number of hydrogen-bond acceptors (Lipinski definition) is 4. The van der Waals surface area contributed by atoms with Gasteiger partial charge >= 0.3 is 0 Å². The third-order valence-corrected chi connectivity index (χ3v) is 3.22. The number of amides is 1. The fourth-order valence-corrected chi connectivity index (χ4v) is 2.07. The summed E-state index contributed by atoms with van der Waals surface area (Å²) >= 11 is 0. The van der Waals surface area contributed by atoms with Gasteiger partial charge in [0.2, 0.25) is 5.91 Å². The van der Waals surface area contributed by atoms with Crippen molar-refractivity contribution in [3.05, 3.63) is 54.1 Å². The summed E-state index contributed by atoms with van der Waals surface area (Å²) in [6, 6.07) is 15.1. The second kappa shape index (κ2) is 8.80. The molecule has 0 saturated heterocycles. The van der Waals surface area contributed by atoms with Crippen LogP contribution in [0.4, 0.5) is 5.69 Å². The van der Waals surface area contributed by atoms with Gasteiger partial charge in [-0.05, 0) is 48.9 Å². The molecule has 2 rings (SSSR count). The van der Waals surface area contributed by atoms with Crippen LogP contribution in [0.3, 0.4) is 0 Å². The van der Waals surface area contributed by atoms with Gasteiger partial charge in [-0.2, -0.15) is 0 Å². The number of hydrogen-bond donors (Lipinski definition) is 2. The lowest BCUT2D eigenvalue weighted by atomic mass is 10.2. The van der Waals surface area contributed by atoms with E-state index in [4.69, 9.17) is 9.47 Å². The van der Waals surface area contributed by atoms with Crippen LogP contribution in [0.5, 0.6) is 11.5 Å². The smallest absolute Gasteiger partial charge is 0.238 e. The first-order chi connectivity index (χ1) is 11.2. The van der Waals surface area contributed by atoms with Crippen molar-refractivity contribution in [1.29, 1.82) is 0 Å². The van der Waals surface area contributed by atoms with Crippen LogP contribution >= 0.6 is 0 Å².